The Balaban J connectivity index is 1.64. The number of benzene rings is 2. The third kappa shape index (κ3) is 4.94. The van der Waals surface area contributed by atoms with Crippen molar-refractivity contribution in [3.05, 3.63) is 48.0 Å². The van der Waals surface area contributed by atoms with E-state index in [-0.39, 0.29) is 6.10 Å². The molecule has 3 amide bonds. The van der Waals surface area contributed by atoms with Gasteiger partial charge in [-0.25, -0.2) is 4.79 Å². The van der Waals surface area contributed by atoms with Gasteiger partial charge in [-0.1, -0.05) is 0 Å². The lowest BCUT2D eigenvalue weighted by Gasteiger charge is -2.16. The van der Waals surface area contributed by atoms with Gasteiger partial charge in [0.2, 0.25) is 0 Å². The summed E-state index contributed by atoms with van der Waals surface area (Å²) in [6, 6.07) is 11.0. The Bertz CT molecular complexity index is 829. The minimum absolute atomic E-state index is 0.130. The fourth-order valence-electron chi connectivity index (χ4n) is 3.11. The lowest BCUT2D eigenvalue weighted by atomic mass is 10.2. The van der Waals surface area contributed by atoms with Crippen molar-refractivity contribution in [3.63, 3.8) is 0 Å². The van der Waals surface area contributed by atoms with Gasteiger partial charge >= 0.3 is 6.03 Å². The van der Waals surface area contributed by atoms with E-state index in [1.54, 1.807) is 56.7 Å². The molecule has 0 saturated heterocycles. The van der Waals surface area contributed by atoms with Crippen molar-refractivity contribution in [2.24, 2.45) is 0 Å². The third-order valence-corrected chi connectivity index (χ3v) is 4.60. The molecule has 2 N–H and O–H groups in total. The molecule has 1 fully saturated rings. The van der Waals surface area contributed by atoms with Crippen LogP contribution in [0.15, 0.2) is 42.5 Å². The first-order valence-corrected chi connectivity index (χ1v) is 9.20. The van der Waals surface area contributed by atoms with Crippen LogP contribution in [-0.2, 0) is 0 Å². The van der Waals surface area contributed by atoms with Crippen molar-refractivity contribution in [1.29, 1.82) is 0 Å². The number of anilines is 1. The number of nitrogens with one attached hydrogen (secondary N) is 2. The fraction of sp³-hybridized carbons (Fsp3) is 0.333. The molecule has 2 aromatic carbocycles. The topological polar surface area (TPSA) is 85.9 Å². The van der Waals surface area contributed by atoms with Crippen molar-refractivity contribution in [1.82, 2.24) is 5.32 Å². The predicted molar refractivity (Wildman–Crippen MR) is 105 cm³/mol. The number of carbonyl (C=O) groups is 2. The molecule has 148 valence electrons. The molecule has 7 nitrogen and oxygen atoms in total. The van der Waals surface area contributed by atoms with Crippen LogP contribution in [0.4, 0.5) is 10.5 Å². The molecule has 0 aromatic heterocycles. The van der Waals surface area contributed by atoms with E-state index >= 15 is 0 Å². The number of rotatable bonds is 6. The summed E-state index contributed by atoms with van der Waals surface area (Å²) in [7, 11) is 3.12. The zero-order chi connectivity index (χ0) is 19.9. The average Bonchev–Trinajstić information content (AvgIpc) is 3.21. The van der Waals surface area contributed by atoms with Gasteiger partial charge in [0, 0.05) is 11.3 Å². The van der Waals surface area contributed by atoms with E-state index in [2.05, 4.69) is 10.6 Å². The molecule has 0 unspecified atom stereocenters. The number of amides is 3. The summed E-state index contributed by atoms with van der Waals surface area (Å²) < 4.78 is 16.4. The minimum Gasteiger partial charge on any atom is -0.497 e. The van der Waals surface area contributed by atoms with Crippen LogP contribution in [0.25, 0.3) is 0 Å². The second kappa shape index (κ2) is 9.12. The van der Waals surface area contributed by atoms with Gasteiger partial charge < -0.3 is 19.5 Å². The molecule has 7 heteroatoms. The van der Waals surface area contributed by atoms with Crippen molar-refractivity contribution in [3.8, 4) is 17.2 Å². The quantitative estimate of drug-likeness (QED) is 0.787. The number of methoxy groups -OCH3 is 2. The maximum Gasteiger partial charge on any atom is 0.326 e. The molecular formula is C21H24N2O5. The van der Waals surface area contributed by atoms with Gasteiger partial charge in [0.15, 0.2) is 11.5 Å². The molecule has 2 aromatic rings. The number of ether oxygens (including phenoxy) is 3. The summed E-state index contributed by atoms with van der Waals surface area (Å²) in [6.45, 7) is 0. The number of carbonyl (C=O) groups excluding carboxylic acids is 2. The molecule has 0 bridgehead atoms. The molecule has 0 atom stereocenters. The highest BCUT2D eigenvalue weighted by atomic mass is 16.5. The molecule has 3 rings (SSSR count). The molecule has 1 aliphatic rings. The Kier molecular flexibility index (Phi) is 6.37. The van der Waals surface area contributed by atoms with E-state index in [0.29, 0.717) is 28.5 Å². The van der Waals surface area contributed by atoms with Gasteiger partial charge in [-0.2, -0.15) is 0 Å². The second-order valence-electron chi connectivity index (χ2n) is 6.53. The Morgan fingerprint density at radius 2 is 1.64 bits per heavy atom. The van der Waals surface area contributed by atoms with Crippen LogP contribution in [0.3, 0.4) is 0 Å². The third-order valence-electron chi connectivity index (χ3n) is 4.60. The standard InChI is InChI=1S/C21H24N2O5/c1-26-16-10-8-15(9-11-16)22-21(25)23-20(24)14-7-12-18(27-2)19(13-14)28-17-5-3-4-6-17/h7-13,17H,3-6H2,1-2H3,(H2,22,23,24,25). The van der Waals surface area contributed by atoms with E-state index in [0.717, 1.165) is 25.7 Å². The zero-order valence-electron chi connectivity index (χ0n) is 16.0. The van der Waals surface area contributed by atoms with E-state index in [1.165, 1.54) is 0 Å². The van der Waals surface area contributed by atoms with E-state index in [1.807, 2.05) is 0 Å². The summed E-state index contributed by atoms with van der Waals surface area (Å²) in [5.41, 5.74) is 0.866. The fourth-order valence-corrected chi connectivity index (χ4v) is 3.11. The summed E-state index contributed by atoms with van der Waals surface area (Å²) in [6.07, 6.45) is 4.39. The smallest absolute Gasteiger partial charge is 0.326 e. The number of hydrogen-bond donors (Lipinski definition) is 2. The highest BCUT2D eigenvalue weighted by molar-refractivity contribution is 6.08. The number of hydrogen-bond acceptors (Lipinski definition) is 5. The van der Waals surface area contributed by atoms with Crippen molar-refractivity contribution < 1.29 is 23.8 Å². The first-order valence-electron chi connectivity index (χ1n) is 9.20. The average molecular weight is 384 g/mol. The maximum absolute atomic E-state index is 12.4. The summed E-state index contributed by atoms with van der Waals surface area (Å²) in [5.74, 6) is 1.23. The summed E-state index contributed by atoms with van der Waals surface area (Å²) >= 11 is 0. The Labute approximate surface area is 164 Å². The normalized spacial score (nSPS) is 13.6. The number of urea groups is 1. The maximum atomic E-state index is 12.4. The molecule has 0 heterocycles. The molecule has 0 spiro atoms. The highest BCUT2D eigenvalue weighted by Crippen LogP contribution is 2.32. The van der Waals surface area contributed by atoms with Crippen molar-refractivity contribution >= 4 is 17.6 Å². The van der Waals surface area contributed by atoms with E-state index in [4.69, 9.17) is 14.2 Å². The van der Waals surface area contributed by atoms with Crippen LogP contribution < -0.4 is 24.8 Å². The Hall–Kier alpha value is -3.22. The van der Waals surface area contributed by atoms with Crippen LogP contribution in [0.5, 0.6) is 17.2 Å². The van der Waals surface area contributed by atoms with Gasteiger partial charge in [0.25, 0.3) is 5.91 Å². The largest absolute Gasteiger partial charge is 0.497 e. The predicted octanol–water partition coefficient (Wildman–Crippen LogP) is 3.99. The van der Waals surface area contributed by atoms with E-state index in [9.17, 15) is 9.59 Å². The summed E-state index contributed by atoms with van der Waals surface area (Å²) in [5, 5.41) is 4.92. The van der Waals surface area contributed by atoms with Gasteiger partial charge in [-0.05, 0) is 68.1 Å². The molecule has 1 saturated carbocycles. The van der Waals surface area contributed by atoms with Crippen molar-refractivity contribution in [2.75, 3.05) is 19.5 Å². The van der Waals surface area contributed by atoms with E-state index < -0.39 is 11.9 Å². The molecule has 28 heavy (non-hydrogen) atoms. The molecule has 1 aliphatic carbocycles. The first-order chi connectivity index (χ1) is 13.6. The lowest BCUT2D eigenvalue weighted by molar-refractivity contribution is 0.0966. The van der Waals surface area contributed by atoms with Gasteiger partial charge in [0.05, 0.1) is 20.3 Å². The van der Waals surface area contributed by atoms with Gasteiger partial charge in [-0.3, -0.25) is 10.1 Å². The van der Waals surface area contributed by atoms with Gasteiger partial charge in [-0.15, -0.1) is 0 Å². The molecule has 0 aliphatic heterocycles. The van der Waals surface area contributed by atoms with Crippen LogP contribution in [0.1, 0.15) is 36.0 Å². The first kappa shape index (κ1) is 19.5. The number of imide groups is 1. The monoisotopic (exact) mass is 384 g/mol. The Morgan fingerprint density at radius 1 is 0.929 bits per heavy atom. The second-order valence-corrected chi connectivity index (χ2v) is 6.53. The zero-order valence-corrected chi connectivity index (χ0v) is 16.0. The SMILES string of the molecule is COc1ccc(NC(=O)NC(=O)c2ccc(OC)c(OC3CCCC3)c2)cc1. The highest BCUT2D eigenvalue weighted by Gasteiger charge is 2.20. The van der Waals surface area contributed by atoms with Crippen LogP contribution >= 0.6 is 0 Å². The van der Waals surface area contributed by atoms with Crippen LogP contribution in [0, 0.1) is 0 Å². The molecular weight excluding hydrogens is 360 g/mol. The van der Waals surface area contributed by atoms with Crippen LogP contribution in [0.2, 0.25) is 0 Å². The minimum atomic E-state index is -0.621. The van der Waals surface area contributed by atoms with Crippen molar-refractivity contribution in [2.45, 2.75) is 31.8 Å². The van der Waals surface area contributed by atoms with Crippen LogP contribution in [-0.4, -0.2) is 32.3 Å². The lowest BCUT2D eigenvalue weighted by Crippen LogP contribution is -2.34. The summed E-state index contributed by atoms with van der Waals surface area (Å²) in [4.78, 5) is 24.6. The Morgan fingerprint density at radius 3 is 2.29 bits per heavy atom. The molecule has 0 radical (unpaired) electrons. The van der Waals surface area contributed by atoms with Gasteiger partial charge in [0.1, 0.15) is 5.75 Å².